The largest absolute Gasteiger partial charge is 0.465 e. The molecule has 0 aromatic carbocycles. The van der Waals surface area contributed by atoms with Crippen LogP contribution in [0.4, 0.5) is 0 Å². The van der Waals surface area contributed by atoms with E-state index in [-0.39, 0.29) is 0 Å². The molecule has 6 nitrogen and oxygen atoms in total. The highest BCUT2D eigenvalue weighted by atomic mass is 16.5. The second kappa shape index (κ2) is 3.99. The first kappa shape index (κ1) is 10.5. The lowest BCUT2D eigenvalue weighted by atomic mass is 10.3. The number of aromatic amines is 1. The number of H-pyrrole nitrogens is 1. The fourth-order valence-corrected chi connectivity index (χ4v) is 1.82. The molecule has 0 saturated heterocycles. The maximum Gasteiger partial charge on any atom is 0.341 e. The van der Waals surface area contributed by atoms with E-state index in [0.717, 1.165) is 16.7 Å². The van der Waals surface area contributed by atoms with Gasteiger partial charge < -0.3 is 9.72 Å². The Morgan fingerprint density at radius 1 is 1.44 bits per heavy atom. The molecule has 0 aliphatic heterocycles. The summed E-state index contributed by atoms with van der Waals surface area (Å²) in [5.74, 6) is -0.402. The van der Waals surface area contributed by atoms with Gasteiger partial charge in [-0.3, -0.25) is 0 Å². The smallest absolute Gasteiger partial charge is 0.341 e. The van der Waals surface area contributed by atoms with Gasteiger partial charge in [-0.25, -0.2) is 14.5 Å². The van der Waals surface area contributed by atoms with Crippen molar-refractivity contribution in [3.8, 4) is 5.69 Å². The van der Waals surface area contributed by atoms with Gasteiger partial charge in [0.05, 0.1) is 24.6 Å². The molecule has 18 heavy (non-hydrogen) atoms. The van der Waals surface area contributed by atoms with Gasteiger partial charge in [0.15, 0.2) is 0 Å². The first-order valence-electron chi connectivity index (χ1n) is 5.35. The Bertz CT molecular complexity index is 714. The van der Waals surface area contributed by atoms with E-state index in [1.54, 1.807) is 17.1 Å². The summed E-state index contributed by atoms with van der Waals surface area (Å²) in [7, 11) is 1.34. The molecule has 0 amide bonds. The second-order valence-electron chi connectivity index (χ2n) is 3.74. The first-order valence-corrected chi connectivity index (χ1v) is 5.35. The zero-order chi connectivity index (χ0) is 12.5. The van der Waals surface area contributed by atoms with Gasteiger partial charge in [0.25, 0.3) is 0 Å². The SMILES string of the molecule is COC(=O)c1cnn(-c2ccnc3[nH]ccc23)c1. The van der Waals surface area contributed by atoms with Gasteiger partial charge in [-0.2, -0.15) is 5.10 Å². The number of nitrogens with zero attached hydrogens (tertiary/aromatic N) is 3. The summed E-state index contributed by atoms with van der Waals surface area (Å²) < 4.78 is 6.28. The molecule has 3 heterocycles. The lowest BCUT2D eigenvalue weighted by Crippen LogP contribution is -1.99. The van der Waals surface area contributed by atoms with Crippen molar-refractivity contribution in [3.63, 3.8) is 0 Å². The number of esters is 1. The monoisotopic (exact) mass is 242 g/mol. The van der Waals surface area contributed by atoms with Crippen LogP contribution in [-0.4, -0.2) is 32.8 Å². The van der Waals surface area contributed by atoms with Gasteiger partial charge in [0, 0.05) is 24.0 Å². The molecule has 0 aliphatic rings. The Balaban J connectivity index is 2.12. The van der Waals surface area contributed by atoms with Gasteiger partial charge in [-0.1, -0.05) is 0 Å². The summed E-state index contributed by atoms with van der Waals surface area (Å²) in [5, 5.41) is 5.10. The Morgan fingerprint density at radius 3 is 3.17 bits per heavy atom. The lowest BCUT2D eigenvalue weighted by molar-refractivity contribution is 0.0600. The third kappa shape index (κ3) is 1.55. The number of hydrogen-bond acceptors (Lipinski definition) is 4. The molecular formula is C12H10N4O2. The van der Waals surface area contributed by atoms with Crippen molar-refractivity contribution in [2.45, 2.75) is 0 Å². The minimum atomic E-state index is -0.402. The van der Waals surface area contributed by atoms with Crippen molar-refractivity contribution in [1.29, 1.82) is 0 Å². The Labute approximate surface area is 102 Å². The molecule has 6 heteroatoms. The number of hydrogen-bond donors (Lipinski definition) is 1. The number of nitrogens with one attached hydrogen (secondary N) is 1. The van der Waals surface area contributed by atoms with Crippen LogP contribution in [0, 0.1) is 0 Å². The highest BCUT2D eigenvalue weighted by molar-refractivity contribution is 5.89. The predicted octanol–water partition coefficient (Wildman–Crippen LogP) is 1.54. The molecule has 0 spiro atoms. The number of carbonyl (C=O) groups excluding carboxylic acids is 1. The van der Waals surface area contributed by atoms with Crippen molar-refractivity contribution in [3.05, 3.63) is 42.5 Å². The molecule has 0 atom stereocenters. The molecule has 1 N–H and O–H groups in total. The van der Waals surface area contributed by atoms with Crippen LogP contribution >= 0.6 is 0 Å². The zero-order valence-corrected chi connectivity index (χ0v) is 9.62. The van der Waals surface area contributed by atoms with Crippen LogP contribution in [0.3, 0.4) is 0 Å². The number of carbonyl (C=O) groups is 1. The molecule has 3 rings (SSSR count). The average Bonchev–Trinajstić information content (AvgIpc) is 3.05. The van der Waals surface area contributed by atoms with E-state index < -0.39 is 5.97 Å². The maximum absolute atomic E-state index is 11.4. The number of ether oxygens (including phenoxy) is 1. The van der Waals surface area contributed by atoms with Gasteiger partial charge in [0.1, 0.15) is 5.65 Å². The quantitative estimate of drug-likeness (QED) is 0.692. The summed E-state index contributed by atoms with van der Waals surface area (Å²) >= 11 is 0. The molecule has 0 aliphatic carbocycles. The number of methoxy groups -OCH3 is 1. The maximum atomic E-state index is 11.4. The second-order valence-corrected chi connectivity index (χ2v) is 3.74. The van der Waals surface area contributed by atoms with E-state index in [0.29, 0.717) is 5.56 Å². The van der Waals surface area contributed by atoms with Crippen LogP contribution in [0.25, 0.3) is 16.7 Å². The van der Waals surface area contributed by atoms with Crippen molar-refractivity contribution < 1.29 is 9.53 Å². The minimum absolute atomic E-state index is 0.402. The molecule has 0 radical (unpaired) electrons. The minimum Gasteiger partial charge on any atom is -0.465 e. The summed E-state index contributed by atoms with van der Waals surface area (Å²) in [5.41, 5.74) is 2.05. The fraction of sp³-hybridized carbons (Fsp3) is 0.0833. The third-order valence-corrected chi connectivity index (χ3v) is 2.69. The summed E-state index contributed by atoms with van der Waals surface area (Å²) in [6.07, 6.45) is 6.61. The topological polar surface area (TPSA) is 72.8 Å². The van der Waals surface area contributed by atoms with E-state index in [4.69, 9.17) is 0 Å². The molecule has 90 valence electrons. The van der Waals surface area contributed by atoms with Gasteiger partial charge in [-0.05, 0) is 12.1 Å². The normalized spacial score (nSPS) is 10.7. The summed E-state index contributed by atoms with van der Waals surface area (Å²) in [6.45, 7) is 0. The van der Waals surface area contributed by atoms with E-state index in [9.17, 15) is 4.79 Å². The highest BCUT2D eigenvalue weighted by Crippen LogP contribution is 2.19. The van der Waals surface area contributed by atoms with Crippen LogP contribution in [0.5, 0.6) is 0 Å². The van der Waals surface area contributed by atoms with Gasteiger partial charge in [0.2, 0.25) is 0 Å². The summed E-state index contributed by atoms with van der Waals surface area (Å²) in [4.78, 5) is 18.6. The molecular weight excluding hydrogens is 232 g/mol. The van der Waals surface area contributed by atoms with Crippen molar-refractivity contribution in [1.82, 2.24) is 19.7 Å². The molecule has 0 saturated carbocycles. The van der Waals surface area contributed by atoms with E-state index in [1.807, 2.05) is 18.3 Å². The van der Waals surface area contributed by atoms with Crippen molar-refractivity contribution in [2.24, 2.45) is 0 Å². The van der Waals surface area contributed by atoms with Crippen LogP contribution < -0.4 is 0 Å². The average molecular weight is 242 g/mol. The Kier molecular flexibility index (Phi) is 2.33. The van der Waals surface area contributed by atoms with Crippen molar-refractivity contribution >= 4 is 17.0 Å². The molecule has 3 aromatic rings. The fourth-order valence-electron chi connectivity index (χ4n) is 1.82. The summed E-state index contributed by atoms with van der Waals surface area (Å²) in [6, 6.07) is 3.75. The van der Waals surface area contributed by atoms with Crippen LogP contribution in [0.1, 0.15) is 10.4 Å². The van der Waals surface area contributed by atoms with E-state index >= 15 is 0 Å². The van der Waals surface area contributed by atoms with Gasteiger partial charge in [-0.15, -0.1) is 0 Å². The van der Waals surface area contributed by atoms with Crippen molar-refractivity contribution in [2.75, 3.05) is 7.11 Å². The Morgan fingerprint density at radius 2 is 2.33 bits per heavy atom. The Hall–Kier alpha value is -2.63. The van der Waals surface area contributed by atoms with Gasteiger partial charge >= 0.3 is 5.97 Å². The highest BCUT2D eigenvalue weighted by Gasteiger charge is 2.11. The molecule has 0 bridgehead atoms. The number of fused-ring (bicyclic) bond motifs is 1. The number of rotatable bonds is 2. The predicted molar refractivity (Wildman–Crippen MR) is 64.6 cm³/mol. The zero-order valence-electron chi connectivity index (χ0n) is 9.62. The van der Waals surface area contributed by atoms with Crippen LogP contribution in [0.15, 0.2) is 36.9 Å². The number of aromatic nitrogens is 4. The van der Waals surface area contributed by atoms with E-state index in [2.05, 4.69) is 19.8 Å². The first-order chi connectivity index (χ1) is 8.79. The molecule has 0 fully saturated rings. The third-order valence-electron chi connectivity index (χ3n) is 2.69. The van der Waals surface area contributed by atoms with Crippen LogP contribution in [-0.2, 0) is 4.74 Å². The number of pyridine rings is 1. The van der Waals surface area contributed by atoms with E-state index in [1.165, 1.54) is 13.3 Å². The van der Waals surface area contributed by atoms with Crippen LogP contribution in [0.2, 0.25) is 0 Å². The molecule has 0 unspecified atom stereocenters. The standard InChI is InChI=1S/C12H10N4O2/c1-18-12(17)8-6-15-16(7-8)10-3-5-14-11-9(10)2-4-13-11/h2-7H,1H3,(H,13,14). The molecule has 3 aromatic heterocycles. The lowest BCUT2D eigenvalue weighted by Gasteiger charge is -2.01.